The predicted molar refractivity (Wildman–Crippen MR) is 133 cm³/mol. The number of rotatable bonds is 10. The lowest BCUT2D eigenvalue weighted by Gasteiger charge is -2.31. The van der Waals surface area contributed by atoms with Crippen LogP contribution < -0.4 is 16.4 Å². The van der Waals surface area contributed by atoms with E-state index in [1.54, 1.807) is 13.8 Å². The maximum Gasteiger partial charge on any atom is 0.328 e. The summed E-state index contributed by atoms with van der Waals surface area (Å²) in [6.45, 7) is 5.13. The molecule has 11 heteroatoms. The highest BCUT2D eigenvalue weighted by Gasteiger charge is 2.40. The number of amides is 3. The first kappa shape index (κ1) is 27.2. The molecule has 2 heterocycles. The number of likely N-dealkylation sites (tertiary alicyclic amines) is 1. The lowest BCUT2D eigenvalue weighted by atomic mass is 10.00. The van der Waals surface area contributed by atoms with E-state index >= 15 is 0 Å². The standard InChI is InChI=1S/C25H35N5O6/c1-13(2)20(28-22(32)17(26)11-15-12-27-18-8-5-4-7-16(15)18)24(34)30-10-6-9-19(30)23(33)29-21(14(3)31)25(35)36/h4-5,7-8,12-14,17,19-21,27,31H,6,9-11,26H2,1-3H3,(H,28,32)(H,29,33)(H,35,36). The lowest BCUT2D eigenvalue weighted by Crippen LogP contribution is -2.59. The van der Waals surface area contributed by atoms with Gasteiger partial charge in [0.15, 0.2) is 6.04 Å². The van der Waals surface area contributed by atoms with E-state index in [4.69, 9.17) is 5.73 Å². The highest BCUT2D eigenvalue weighted by atomic mass is 16.4. The number of nitrogens with one attached hydrogen (secondary N) is 3. The molecule has 1 aliphatic rings. The third-order valence-corrected chi connectivity index (χ3v) is 6.57. The number of aliphatic hydroxyl groups is 1. The molecule has 1 fully saturated rings. The maximum atomic E-state index is 13.4. The summed E-state index contributed by atoms with van der Waals surface area (Å²) in [4.78, 5) is 55.1. The van der Waals surface area contributed by atoms with Crippen molar-refractivity contribution >= 4 is 34.6 Å². The molecule has 7 N–H and O–H groups in total. The Labute approximate surface area is 209 Å². The van der Waals surface area contributed by atoms with E-state index in [1.165, 1.54) is 11.8 Å². The molecular formula is C25H35N5O6. The Morgan fingerprint density at radius 3 is 2.47 bits per heavy atom. The topological polar surface area (TPSA) is 178 Å². The van der Waals surface area contributed by atoms with Gasteiger partial charge < -0.3 is 36.5 Å². The summed E-state index contributed by atoms with van der Waals surface area (Å²) < 4.78 is 0. The molecule has 1 aromatic heterocycles. The van der Waals surface area contributed by atoms with Gasteiger partial charge in [-0.3, -0.25) is 14.4 Å². The Kier molecular flexibility index (Phi) is 8.70. The predicted octanol–water partition coefficient (Wildman–Crippen LogP) is 0.120. The van der Waals surface area contributed by atoms with Crippen LogP contribution in [0.4, 0.5) is 0 Å². The van der Waals surface area contributed by atoms with Crippen LogP contribution in [-0.4, -0.2) is 80.6 Å². The van der Waals surface area contributed by atoms with Crippen LogP contribution in [0.15, 0.2) is 30.5 Å². The van der Waals surface area contributed by atoms with Crippen LogP contribution in [0.1, 0.15) is 39.2 Å². The molecule has 0 aliphatic carbocycles. The fraction of sp³-hybridized carbons (Fsp3) is 0.520. The van der Waals surface area contributed by atoms with Gasteiger partial charge in [0.05, 0.1) is 12.1 Å². The van der Waals surface area contributed by atoms with Gasteiger partial charge in [-0.2, -0.15) is 0 Å². The fourth-order valence-corrected chi connectivity index (χ4v) is 4.52. The van der Waals surface area contributed by atoms with Crippen LogP contribution in [0.2, 0.25) is 0 Å². The molecular weight excluding hydrogens is 466 g/mol. The highest BCUT2D eigenvalue weighted by molar-refractivity contribution is 5.95. The maximum absolute atomic E-state index is 13.4. The number of benzene rings is 1. The molecule has 0 bridgehead atoms. The summed E-state index contributed by atoms with van der Waals surface area (Å²) in [5.74, 6) is -3.22. The molecule has 5 unspecified atom stereocenters. The summed E-state index contributed by atoms with van der Waals surface area (Å²) in [5.41, 5.74) is 8.03. The monoisotopic (exact) mass is 501 g/mol. The quantitative estimate of drug-likeness (QED) is 0.268. The van der Waals surface area contributed by atoms with Crippen LogP contribution in [0.25, 0.3) is 10.9 Å². The van der Waals surface area contributed by atoms with Gasteiger partial charge in [0.2, 0.25) is 17.7 Å². The number of fused-ring (bicyclic) bond motifs is 1. The molecule has 1 aliphatic heterocycles. The molecule has 196 valence electrons. The second-order valence-corrected chi connectivity index (χ2v) is 9.66. The first-order chi connectivity index (χ1) is 17.0. The van der Waals surface area contributed by atoms with Gasteiger partial charge in [-0.25, -0.2) is 4.79 Å². The first-order valence-corrected chi connectivity index (χ1v) is 12.1. The minimum Gasteiger partial charge on any atom is -0.480 e. The summed E-state index contributed by atoms with van der Waals surface area (Å²) in [7, 11) is 0. The van der Waals surface area contributed by atoms with Crippen molar-refractivity contribution in [3.8, 4) is 0 Å². The van der Waals surface area contributed by atoms with Crippen molar-refractivity contribution in [2.75, 3.05) is 6.54 Å². The van der Waals surface area contributed by atoms with Crippen LogP contribution in [0.5, 0.6) is 0 Å². The fourth-order valence-electron chi connectivity index (χ4n) is 4.52. The van der Waals surface area contributed by atoms with Gasteiger partial charge in [0.25, 0.3) is 0 Å². The Balaban J connectivity index is 1.68. The van der Waals surface area contributed by atoms with Crippen LogP contribution in [0.3, 0.4) is 0 Å². The van der Waals surface area contributed by atoms with Crippen molar-refractivity contribution in [2.45, 2.75) is 70.3 Å². The van der Waals surface area contributed by atoms with E-state index in [1.807, 2.05) is 30.5 Å². The van der Waals surface area contributed by atoms with Crippen LogP contribution in [-0.2, 0) is 25.6 Å². The molecule has 0 saturated carbocycles. The van der Waals surface area contributed by atoms with E-state index in [9.17, 15) is 29.4 Å². The van der Waals surface area contributed by atoms with E-state index < -0.39 is 54.0 Å². The van der Waals surface area contributed by atoms with E-state index in [0.29, 0.717) is 19.4 Å². The summed E-state index contributed by atoms with van der Waals surface area (Å²) in [6.07, 6.45) is 1.68. The Morgan fingerprint density at radius 2 is 1.83 bits per heavy atom. The molecule has 2 aromatic rings. The van der Waals surface area contributed by atoms with E-state index in [0.717, 1.165) is 16.5 Å². The lowest BCUT2D eigenvalue weighted by molar-refractivity contribution is -0.147. The largest absolute Gasteiger partial charge is 0.480 e. The van der Waals surface area contributed by atoms with Crippen molar-refractivity contribution in [1.82, 2.24) is 20.5 Å². The smallest absolute Gasteiger partial charge is 0.328 e. The normalized spacial score (nSPS) is 19.1. The molecule has 36 heavy (non-hydrogen) atoms. The van der Waals surface area contributed by atoms with Gasteiger partial charge in [0, 0.05) is 23.6 Å². The van der Waals surface area contributed by atoms with Crippen molar-refractivity contribution < 1.29 is 29.4 Å². The molecule has 3 rings (SSSR count). The average Bonchev–Trinajstić information content (AvgIpc) is 3.47. The number of carbonyl (C=O) groups is 4. The number of carboxylic acids is 1. The van der Waals surface area contributed by atoms with E-state index in [-0.39, 0.29) is 12.3 Å². The van der Waals surface area contributed by atoms with Gasteiger partial charge in [-0.05, 0) is 43.7 Å². The first-order valence-electron chi connectivity index (χ1n) is 12.1. The number of nitrogens with zero attached hydrogens (tertiary/aromatic N) is 1. The zero-order valence-electron chi connectivity index (χ0n) is 20.7. The summed E-state index contributed by atoms with van der Waals surface area (Å²) >= 11 is 0. The molecule has 3 amide bonds. The molecule has 11 nitrogen and oxygen atoms in total. The minimum atomic E-state index is -1.49. The third kappa shape index (κ3) is 6.03. The number of hydrogen-bond acceptors (Lipinski definition) is 6. The van der Waals surface area contributed by atoms with E-state index in [2.05, 4.69) is 15.6 Å². The molecule has 0 radical (unpaired) electrons. The van der Waals surface area contributed by atoms with Gasteiger partial charge in [-0.15, -0.1) is 0 Å². The zero-order chi connectivity index (χ0) is 26.6. The number of carboxylic acid groups (broad SMARTS) is 1. The molecule has 1 aromatic carbocycles. The second kappa shape index (κ2) is 11.5. The minimum absolute atomic E-state index is 0.277. The zero-order valence-corrected chi connectivity index (χ0v) is 20.7. The van der Waals surface area contributed by atoms with Gasteiger partial charge in [0.1, 0.15) is 12.1 Å². The van der Waals surface area contributed by atoms with Gasteiger partial charge >= 0.3 is 5.97 Å². The number of aliphatic carboxylic acids is 1. The average molecular weight is 502 g/mol. The van der Waals surface area contributed by atoms with Crippen molar-refractivity contribution in [3.05, 3.63) is 36.0 Å². The molecule has 5 atom stereocenters. The van der Waals surface area contributed by atoms with Crippen LogP contribution in [0, 0.1) is 5.92 Å². The molecule has 1 saturated heterocycles. The SMILES string of the molecule is CC(C)C(NC(=O)C(N)Cc1c[nH]c2ccccc12)C(=O)N1CCCC1C(=O)NC(C(=O)O)C(C)O. The third-order valence-electron chi connectivity index (χ3n) is 6.57. The summed E-state index contributed by atoms with van der Waals surface area (Å²) in [6, 6.07) is 3.50. The summed E-state index contributed by atoms with van der Waals surface area (Å²) in [5, 5.41) is 25.0. The number of carbonyl (C=O) groups excluding carboxylic acids is 3. The Morgan fingerprint density at radius 1 is 1.14 bits per heavy atom. The number of para-hydroxylation sites is 1. The second-order valence-electron chi connectivity index (χ2n) is 9.66. The number of hydrogen-bond donors (Lipinski definition) is 6. The highest BCUT2D eigenvalue weighted by Crippen LogP contribution is 2.22. The van der Waals surface area contributed by atoms with Crippen molar-refractivity contribution in [2.24, 2.45) is 11.7 Å². The van der Waals surface area contributed by atoms with Crippen molar-refractivity contribution in [3.63, 3.8) is 0 Å². The number of aliphatic hydroxyl groups excluding tert-OH is 1. The van der Waals surface area contributed by atoms with Gasteiger partial charge in [-0.1, -0.05) is 32.0 Å². The number of aromatic amines is 1. The van der Waals surface area contributed by atoms with Crippen molar-refractivity contribution in [1.29, 1.82) is 0 Å². The van der Waals surface area contributed by atoms with Crippen LogP contribution >= 0.6 is 0 Å². The number of aromatic nitrogens is 1. The Bertz CT molecular complexity index is 1110. The molecule has 0 spiro atoms. The Hall–Kier alpha value is -3.44. The number of H-pyrrole nitrogens is 1. The number of nitrogens with two attached hydrogens (primary N) is 1.